The number of ketones is 1. The van der Waals surface area contributed by atoms with Gasteiger partial charge in [0.25, 0.3) is 0 Å². The van der Waals surface area contributed by atoms with Crippen LogP contribution in [-0.4, -0.2) is 36.2 Å². The van der Waals surface area contributed by atoms with Crippen LogP contribution in [-0.2, 0) is 4.79 Å². The fourth-order valence-electron chi connectivity index (χ4n) is 2.44. The zero-order valence-corrected chi connectivity index (χ0v) is 12.5. The Morgan fingerprint density at radius 1 is 1.35 bits per heavy atom. The molecule has 0 saturated carbocycles. The second-order valence-electron chi connectivity index (χ2n) is 5.02. The Kier molecular flexibility index (Phi) is 5.02. The van der Waals surface area contributed by atoms with Crippen molar-refractivity contribution in [3.63, 3.8) is 0 Å². The van der Waals surface area contributed by atoms with Gasteiger partial charge in [0.05, 0.1) is 17.5 Å². The quantitative estimate of drug-likeness (QED) is 0.868. The second kappa shape index (κ2) is 6.57. The molecule has 1 fully saturated rings. The van der Waals surface area contributed by atoms with Crippen molar-refractivity contribution in [3.05, 3.63) is 33.8 Å². The van der Waals surface area contributed by atoms with E-state index in [1.807, 2.05) is 4.90 Å². The summed E-state index contributed by atoms with van der Waals surface area (Å²) in [4.78, 5) is 25.4. The molecule has 0 spiro atoms. The number of likely N-dealkylation sites (tertiary alicyclic amines) is 1. The van der Waals surface area contributed by atoms with Crippen molar-refractivity contribution in [2.75, 3.05) is 19.6 Å². The fraction of sp³-hybridized carbons (Fsp3) is 0.429. The monoisotopic (exact) mass is 314 g/mol. The van der Waals surface area contributed by atoms with Gasteiger partial charge >= 0.3 is 0 Å². The summed E-state index contributed by atoms with van der Waals surface area (Å²) in [6.07, 6.45) is 1.66. The SMILES string of the molecule is NC(=O)C1CCCN(CC(=O)c2ccc(Cl)cc2Cl)C1. The molecule has 0 aliphatic carbocycles. The first-order valence-corrected chi connectivity index (χ1v) is 7.23. The van der Waals surface area contributed by atoms with Crippen LogP contribution >= 0.6 is 23.2 Å². The van der Waals surface area contributed by atoms with E-state index in [0.717, 1.165) is 19.4 Å². The van der Waals surface area contributed by atoms with Crippen molar-refractivity contribution < 1.29 is 9.59 Å². The molecule has 0 bridgehead atoms. The van der Waals surface area contributed by atoms with E-state index in [1.165, 1.54) is 0 Å². The van der Waals surface area contributed by atoms with E-state index in [0.29, 0.717) is 22.2 Å². The van der Waals surface area contributed by atoms with Gasteiger partial charge in [-0.2, -0.15) is 0 Å². The lowest BCUT2D eigenvalue weighted by Gasteiger charge is -2.30. The lowest BCUT2D eigenvalue weighted by molar-refractivity contribution is -0.123. The first-order chi connectivity index (χ1) is 9.47. The van der Waals surface area contributed by atoms with E-state index < -0.39 is 0 Å². The average Bonchev–Trinajstić information content (AvgIpc) is 2.38. The maximum Gasteiger partial charge on any atom is 0.221 e. The number of rotatable bonds is 4. The van der Waals surface area contributed by atoms with Crippen LogP contribution in [0.1, 0.15) is 23.2 Å². The van der Waals surface area contributed by atoms with Crippen LogP contribution in [0.3, 0.4) is 0 Å². The number of hydrogen-bond donors (Lipinski definition) is 1. The highest BCUT2D eigenvalue weighted by atomic mass is 35.5. The Morgan fingerprint density at radius 3 is 2.75 bits per heavy atom. The third-order valence-electron chi connectivity index (χ3n) is 3.51. The van der Waals surface area contributed by atoms with Crippen LogP contribution in [0.15, 0.2) is 18.2 Å². The Bertz CT molecular complexity index is 534. The number of primary amides is 1. The minimum absolute atomic E-state index is 0.0724. The molecule has 108 valence electrons. The molecule has 4 nitrogen and oxygen atoms in total. The minimum Gasteiger partial charge on any atom is -0.369 e. The van der Waals surface area contributed by atoms with Gasteiger partial charge in [0, 0.05) is 17.1 Å². The van der Waals surface area contributed by atoms with Crippen molar-refractivity contribution in [1.29, 1.82) is 0 Å². The Balaban J connectivity index is 2.02. The van der Waals surface area contributed by atoms with Gasteiger partial charge in [-0.15, -0.1) is 0 Å². The molecule has 1 aromatic rings. The van der Waals surface area contributed by atoms with E-state index in [-0.39, 0.29) is 24.2 Å². The number of nitrogens with two attached hydrogens (primary N) is 1. The number of nitrogens with zero attached hydrogens (tertiary/aromatic N) is 1. The fourth-order valence-corrected chi connectivity index (χ4v) is 2.95. The largest absolute Gasteiger partial charge is 0.369 e. The standard InChI is InChI=1S/C14H16Cl2N2O2/c15-10-3-4-11(12(16)6-10)13(19)8-18-5-1-2-9(7-18)14(17)20/h3-4,6,9H,1-2,5,7-8H2,(H2,17,20). The highest BCUT2D eigenvalue weighted by Crippen LogP contribution is 2.22. The number of carbonyl (C=O) groups excluding carboxylic acids is 2. The number of halogens is 2. The van der Waals surface area contributed by atoms with Crippen LogP contribution in [0.5, 0.6) is 0 Å². The number of Topliss-reactive ketones (excluding diaryl/α,β-unsaturated/α-hetero) is 1. The summed E-state index contributed by atoms with van der Waals surface area (Å²) in [7, 11) is 0. The second-order valence-corrected chi connectivity index (χ2v) is 5.87. The molecule has 1 atom stereocenters. The third-order valence-corrected chi connectivity index (χ3v) is 4.05. The summed E-state index contributed by atoms with van der Waals surface area (Å²) >= 11 is 11.8. The molecule has 1 heterocycles. The molecule has 1 amide bonds. The van der Waals surface area contributed by atoms with Crippen LogP contribution in [0.2, 0.25) is 10.0 Å². The van der Waals surface area contributed by atoms with E-state index in [1.54, 1.807) is 18.2 Å². The van der Waals surface area contributed by atoms with Crippen molar-refractivity contribution in [2.24, 2.45) is 11.7 Å². The van der Waals surface area contributed by atoms with Crippen molar-refractivity contribution >= 4 is 34.9 Å². The van der Waals surface area contributed by atoms with E-state index in [2.05, 4.69) is 0 Å². The lowest BCUT2D eigenvalue weighted by Crippen LogP contribution is -2.43. The zero-order chi connectivity index (χ0) is 14.7. The van der Waals surface area contributed by atoms with Crippen molar-refractivity contribution in [2.45, 2.75) is 12.8 Å². The van der Waals surface area contributed by atoms with Crippen LogP contribution in [0, 0.1) is 5.92 Å². The third kappa shape index (κ3) is 3.72. The van der Waals surface area contributed by atoms with Gasteiger partial charge in [0.15, 0.2) is 5.78 Å². The molecule has 0 radical (unpaired) electrons. The molecule has 0 aromatic heterocycles. The van der Waals surface area contributed by atoms with Crippen molar-refractivity contribution in [3.8, 4) is 0 Å². The van der Waals surface area contributed by atoms with E-state index in [4.69, 9.17) is 28.9 Å². The number of carbonyl (C=O) groups is 2. The molecule has 1 aliphatic rings. The number of benzene rings is 1. The molecule has 1 aliphatic heterocycles. The summed E-state index contributed by atoms with van der Waals surface area (Å²) in [5, 5.41) is 0.851. The maximum atomic E-state index is 12.2. The minimum atomic E-state index is -0.299. The summed E-state index contributed by atoms with van der Waals surface area (Å²) < 4.78 is 0. The van der Waals surface area contributed by atoms with Gasteiger partial charge in [-0.25, -0.2) is 0 Å². The van der Waals surface area contributed by atoms with Gasteiger partial charge in [0.1, 0.15) is 0 Å². The maximum absolute atomic E-state index is 12.2. The predicted molar refractivity (Wildman–Crippen MR) is 79.2 cm³/mol. The molecule has 2 rings (SSSR count). The van der Waals surface area contributed by atoms with Crippen LogP contribution in [0.4, 0.5) is 0 Å². The molecule has 1 unspecified atom stereocenters. The van der Waals surface area contributed by atoms with Gasteiger partial charge in [-0.3, -0.25) is 14.5 Å². The molecule has 2 N–H and O–H groups in total. The van der Waals surface area contributed by atoms with E-state index in [9.17, 15) is 9.59 Å². The smallest absolute Gasteiger partial charge is 0.221 e. The number of piperidine rings is 1. The summed E-state index contributed by atoms with van der Waals surface area (Å²) in [5.74, 6) is -0.541. The van der Waals surface area contributed by atoms with Crippen LogP contribution < -0.4 is 5.73 Å². The molecule has 1 saturated heterocycles. The Morgan fingerprint density at radius 2 is 2.10 bits per heavy atom. The molecule has 20 heavy (non-hydrogen) atoms. The number of hydrogen-bond acceptors (Lipinski definition) is 3. The van der Waals surface area contributed by atoms with Gasteiger partial charge in [-0.1, -0.05) is 23.2 Å². The topological polar surface area (TPSA) is 63.4 Å². The highest BCUT2D eigenvalue weighted by molar-refractivity contribution is 6.36. The normalized spacial score (nSPS) is 19.8. The molecular weight excluding hydrogens is 299 g/mol. The molecular formula is C14H16Cl2N2O2. The Labute approximate surface area is 127 Å². The van der Waals surface area contributed by atoms with Gasteiger partial charge < -0.3 is 5.73 Å². The predicted octanol–water partition coefficient (Wildman–Crippen LogP) is 2.37. The number of amides is 1. The van der Waals surface area contributed by atoms with Crippen molar-refractivity contribution in [1.82, 2.24) is 4.90 Å². The summed E-state index contributed by atoms with van der Waals surface area (Å²) in [6, 6.07) is 4.82. The highest BCUT2D eigenvalue weighted by Gasteiger charge is 2.25. The first-order valence-electron chi connectivity index (χ1n) is 6.47. The molecule has 6 heteroatoms. The van der Waals surface area contributed by atoms with Gasteiger partial charge in [0.2, 0.25) is 5.91 Å². The Hall–Kier alpha value is -1.10. The lowest BCUT2D eigenvalue weighted by atomic mass is 9.97. The van der Waals surface area contributed by atoms with Crippen LogP contribution in [0.25, 0.3) is 0 Å². The summed E-state index contributed by atoms with van der Waals surface area (Å²) in [6.45, 7) is 1.57. The van der Waals surface area contributed by atoms with E-state index >= 15 is 0 Å². The first kappa shape index (κ1) is 15.3. The molecule has 1 aromatic carbocycles. The average molecular weight is 315 g/mol. The zero-order valence-electron chi connectivity index (χ0n) is 10.9. The summed E-state index contributed by atoms with van der Waals surface area (Å²) in [5.41, 5.74) is 5.78. The van der Waals surface area contributed by atoms with Gasteiger partial charge in [-0.05, 0) is 37.6 Å².